The van der Waals surface area contributed by atoms with Crippen molar-refractivity contribution in [2.75, 3.05) is 11.1 Å². The van der Waals surface area contributed by atoms with Crippen LogP contribution in [0.1, 0.15) is 0 Å². The number of benzene rings is 1. The molecule has 2 heterocycles. The molecule has 0 unspecified atom stereocenters. The Kier molecular flexibility index (Phi) is 2.72. The number of nitrogen functional groups attached to an aromatic ring is 1. The fourth-order valence-corrected chi connectivity index (χ4v) is 1.84. The molecular weight excluding hydrogens is 243 g/mol. The zero-order valence-corrected chi connectivity index (χ0v) is 9.97. The van der Waals surface area contributed by atoms with Gasteiger partial charge in [-0.15, -0.1) is 0 Å². The number of aromatic nitrogens is 2. The second kappa shape index (κ2) is 4.53. The van der Waals surface area contributed by atoms with Crippen LogP contribution in [0.25, 0.3) is 10.9 Å². The van der Waals surface area contributed by atoms with E-state index in [0.717, 1.165) is 10.9 Å². The molecule has 4 nitrogen and oxygen atoms in total. The van der Waals surface area contributed by atoms with Crippen LogP contribution in [0.3, 0.4) is 0 Å². The topological polar surface area (TPSA) is 63.8 Å². The maximum atomic E-state index is 13.4. The van der Waals surface area contributed by atoms with Crippen LogP contribution in [-0.4, -0.2) is 9.97 Å². The summed E-state index contributed by atoms with van der Waals surface area (Å²) in [5.74, 6) is 0.125. The molecule has 2 aromatic heterocycles. The third kappa shape index (κ3) is 2.18. The van der Waals surface area contributed by atoms with Gasteiger partial charge in [-0.3, -0.25) is 4.98 Å². The van der Waals surface area contributed by atoms with Crippen molar-refractivity contribution in [3.63, 3.8) is 0 Å². The number of nitrogens with two attached hydrogens (primary N) is 1. The molecular formula is C14H11FN4. The second-order valence-electron chi connectivity index (χ2n) is 4.10. The van der Waals surface area contributed by atoms with Gasteiger partial charge in [-0.25, -0.2) is 9.37 Å². The minimum atomic E-state index is -0.460. The monoisotopic (exact) mass is 254 g/mol. The number of hydrogen-bond acceptors (Lipinski definition) is 4. The lowest BCUT2D eigenvalue weighted by Gasteiger charge is -2.08. The molecule has 0 fully saturated rings. The van der Waals surface area contributed by atoms with Crippen molar-refractivity contribution in [3.05, 3.63) is 54.6 Å². The molecule has 3 N–H and O–H groups in total. The van der Waals surface area contributed by atoms with E-state index < -0.39 is 5.82 Å². The zero-order valence-electron chi connectivity index (χ0n) is 9.97. The van der Waals surface area contributed by atoms with E-state index in [1.54, 1.807) is 18.5 Å². The number of nitrogens with zero attached hydrogens (tertiary/aromatic N) is 2. The molecule has 0 aliphatic rings. The van der Waals surface area contributed by atoms with Gasteiger partial charge in [0.15, 0.2) is 5.82 Å². The van der Waals surface area contributed by atoms with Gasteiger partial charge in [0.25, 0.3) is 0 Å². The molecule has 0 spiro atoms. The van der Waals surface area contributed by atoms with Crippen molar-refractivity contribution < 1.29 is 4.39 Å². The summed E-state index contributed by atoms with van der Waals surface area (Å²) in [6.45, 7) is 0. The van der Waals surface area contributed by atoms with Gasteiger partial charge >= 0.3 is 0 Å². The number of nitrogens with one attached hydrogen (secondary N) is 1. The largest absolute Gasteiger partial charge is 0.396 e. The summed E-state index contributed by atoms with van der Waals surface area (Å²) >= 11 is 0. The molecule has 19 heavy (non-hydrogen) atoms. The molecule has 3 rings (SSSR count). The quantitative estimate of drug-likeness (QED) is 0.690. The highest BCUT2D eigenvalue weighted by Gasteiger charge is 2.05. The number of fused-ring (bicyclic) bond motifs is 1. The van der Waals surface area contributed by atoms with E-state index in [1.807, 2.05) is 18.2 Å². The van der Waals surface area contributed by atoms with Gasteiger partial charge < -0.3 is 11.1 Å². The SMILES string of the molecule is Nc1ccc(Nc2nccc3cccnc23)cc1F. The first-order valence-corrected chi connectivity index (χ1v) is 5.76. The Hall–Kier alpha value is -2.69. The fourth-order valence-electron chi connectivity index (χ4n) is 1.84. The summed E-state index contributed by atoms with van der Waals surface area (Å²) < 4.78 is 13.4. The van der Waals surface area contributed by atoms with Crippen molar-refractivity contribution in [2.45, 2.75) is 0 Å². The predicted molar refractivity (Wildman–Crippen MR) is 73.6 cm³/mol. The summed E-state index contributed by atoms with van der Waals surface area (Å²) in [5.41, 5.74) is 6.88. The molecule has 0 radical (unpaired) electrons. The first-order valence-electron chi connectivity index (χ1n) is 5.76. The Morgan fingerprint density at radius 2 is 1.95 bits per heavy atom. The van der Waals surface area contributed by atoms with Crippen molar-refractivity contribution in [1.29, 1.82) is 0 Å². The van der Waals surface area contributed by atoms with Gasteiger partial charge in [0, 0.05) is 23.5 Å². The van der Waals surface area contributed by atoms with Crippen molar-refractivity contribution >= 4 is 28.1 Å². The Morgan fingerprint density at radius 3 is 2.79 bits per heavy atom. The number of anilines is 3. The standard InChI is InChI=1S/C14H11FN4/c15-11-8-10(3-4-12(11)16)19-14-13-9(5-7-18-14)2-1-6-17-13/h1-8H,16H2,(H,18,19). The summed E-state index contributed by atoms with van der Waals surface area (Å²) in [6, 6.07) is 10.2. The maximum Gasteiger partial charge on any atom is 0.156 e. The Morgan fingerprint density at radius 1 is 1.05 bits per heavy atom. The number of hydrogen-bond donors (Lipinski definition) is 2. The van der Waals surface area contributed by atoms with Gasteiger partial charge in [0.2, 0.25) is 0 Å². The Labute approximate surface area is 109 Å². The normalized spacial score (nSPS) is 10.6. The second-order valence-corrected chi connectivity index (χ2v) is 4.10. The van der Waals surface area contributed by atoms with Crippen LogP contribution >= 0.6 is 0 Å². The fraction of sp³-hybridized carbons (Fsp3) is 0. The van der Waals surface area contributed by atoms with E-state index in [1.165, 1.54) is 12.1 Å². The molecule has 0 aliphatic carbocycles. The van der Waals surface area contributed by atoms with Gasteiger partial charge in [0.05, 0.1) is 5.69 Å². The molecule has 0 bridgehead atoms. The lowest BCUT2D eigenvalue weighted by molar-refractivity contribution is 0.633. The third-order valence-corrected chi connectivity index (χ3v) is 2.78. The smallest absolute Gasteiger partial charge is 0.156 e. The molecule has 1 aromatic carbocycles. The van der Waals surface area contributed by atoms with E-state index in [-0.39, 0.29) is 5.69 Å². The third-order valence-electron chi connectivity index (χ3n) is 2.78. The molecule has 0 amide bonds. The van der Waals surface area contributed by atoms with Crippen LogP contribution < -0.4 is 11.1 Å². The highest BCUT2D eigenvalue weighted by molar-refractivity contribution is 5.89. The summed E-state index contributed by atoms with van der Waals surface area (Å²) in [5, 5.41) is 4.01. The van der Waals surface area contributed by atoms with Crippen LogP contribution in [0, 0.1) is 5.82 Å². The molecule has 3 aromatic rings. The van der Waals surface area contributed by atoms with Gasteiger partial charge in [-0.1, -0.05) is 6.07 Å². The minimum Gasteiger partial charge on any atom is -0.396 e. The van der Waals surface area contributed by atoms with Gasteiger partial charge in [-0.2, -0.15) is 0 Å². The molecule has 0 atom stereocenters. The van der Waals surface area contributed by atoms with Crippen LogP contribution in [-0.2, 0) is 0 Å². The number of rotatable bonds is 2. The lowest BCUT2D eigenvalue weighted by Crippen LogP contribution is -1.97. The first kappa shape index (κ1) is 11.4. The van der Waals surface area contributed by atoms with Crippen LogP contribution in [0.4, 0.5) is 21.6 Å². The van der Waals surface area contributed by atoms with E-state index in [9.17, 15) is 4.39 Å². The molecule has 0 saturated heterocycles. The van der Waals surface area contributed by atoms with Crippen molar-refractivity contribution in [2.24, 2.45) is 0 Å². The molecule has 0 aliphatic heterocycles. The van der Waals surface area contributed by atoms with Crippen LogP contribution in [0.5, 0.6) is 0 Å². The van der Waals surface area contributed by atoms with E-state index in [0.29, 0.717) is 11.5 Å². The zero-order chi connectivity index (χ0) is 13.2. The van der Waals surface area contributed by atoms with Crippen molar-refractivity contribution in [3.8, 4) is 0 Å². The lowest BCUT2D eigenvalue weighted by atomic mass is 10.2. The Balaban J connectivity index is 2.03. The van der Waals surface area contributed by atoms with Crippen LogP contribution in [0.2, 0.25) is 0 Å². The van der Waals surface area contributed by atoms with Gasteiger partial charge in [0.1, 0.15) is 11.3 Å². The molecule has 5 heteroatoms. The minimum absolute atomic E-state index is 0.120. The first-order chi connectivity index (χ1) is 9.24. The van der Waals surface area contributed by atoms with E-state index >= 15 is 0 Å². The maximum absolute atomic E-state index is 13.4. The Bertz CT molecular complexity index is 737. The predicted octanol–water partition coefficient (Wildman–Crippen LogP) is 3.09. The summed E-state index contributed by atoms with van der Waals surface area (Å²) in [7, 11) is 0. The van der Waals surface area contributed by atoms with E-state index in [4.69, 9.17) is 5.73 Å². The summed E-state index contributed by atoms with van der Waals surface area (Å²) in [6.07, 6.45) is 3.37. The van der Waals surface area contributed by atoms with E-state index in [2.05, 4.69) is 15.3 Å². The number of pyridine rings is 2. The molecule has 0 saturated carbocycles. The van der Waals surface area contributed by atoms with Crippen LogP contribution in [0.15, 0.2) is 48.8 Å². The highest BCUT2D eigenvalue weighted by atomic mass is 19.1. The average molecular weight is 254 g/mol. The van der Waals surface area contributed by atoms with Crippen molar-refractivity contribution in [1.82, 2.24) is 9.97 Å². The highest BCUT2D eigenvalue weighted by Crippen LogP contribution is 2.23. The van der Waals surface area contributed by atoms with Gasteiger partial charge in [-0.05, 0) is 30.3 Å². The summed E-state index contributed by atoms with van der Waals surface area (Å²) in [4.78, 5) is 8.50. The average Bonchev–Trinajstić information content (AvgIpc) is 2.43. The molecule has 94 valence electrons. The number of halogens is 1.